The highest BCUT2D eigenvalue weighted by molar-refractivity contribution is 7.13. The van der Waals surface area contributed by atoms with Crippen molar-refractivity contribution in [3.63, 3.8) is 0 Å². The second-order valence-electron chi connectivity index (χ2n) is 6.20. The molecule has 0 atom stereocenters. The molecule has 5 heteroatoms. The van der Waals surface area contributed by atoms with Gasteiger partial charge in [0, 0.05) is 16.5 Å². The minimum Gasteiger partial charge on any atom is -0.496 e. The molecule has 4 aromatic rings. The molecule has 0 aliphatic rings. The van der Waals surface area contributed by atoms with Crippen molar-refractivity contribution in [1.29, 1.82) is 0 Å². The number of rotatable bonds is 5. The van der Waals surface area contributed by atoms with Gasteiger partial charge in [-0.15, -0.1) is 11.3 Å². The number of aromatic carboxylic acids is 1. The molecule has 4 nitrogen and oxygen atoms in total. The zero-order chi connectivity index (χ0) is 19.5. The van der Waals surface area contributed by atoms with Gasteiger partial charge in [0.15, 0.2) is 0 Å². The van der Waals surface area contributed by atoms with E-state index in [-0.39, 0.29) is 5.56 Å². The first-order valence-electron chi connectivity index (χ1n) is 8.69. The van der Waals surface area contributed by atoms with Gasteiger partial charge in [0.1, 0.15) is 16.3 Å². The predicted molar refractivity (Wildman–Crippen MR) is 112 cm³/mol. The van der Waals surface area contributed by atoms with Gasteiger partial charge in [0.25, 0.3) is 0 Å². The zero-order valence-corrected chi connectivity index (χ0v) is 15.9. The van der Waals surface area contributed by atoms with Gasteiger partial charge >= 0.3 is 5.97 Å². The number of hydrogen-bond donors (Lipinski definition) is 1. The third-order valence-corrected chi connectivity index (χ3v) is 5.34. The van der Waals surface area contributed by atoms with Crippen LogP contribution >= 0.6 is 11.3 Å². The molecule has 138 valence electrons. The van der Waals surface area contributed by atoms with Crippen LogP contribution in [-0.2, 0) is 0 Å². The summed E-state index contributed by atoms with van der Waals surface area (Å²) in [6, 6.07) is 23.2. The van der Waals surface area contributed by atoms with Crippen LogP contribution in [0.4, 0.5) is 0 Å². The lowest BCUT2D eigenvalue weighted by Crippen LogP contribution is -2.00. The Hall–Kier alpha value is -3.44. The summed E-state index contributed by atoms with van der Waals surface area (Å²) in [5.74, 6) is -0.665. The number of carboxylic acid groups (broad SMARTS) is 1. The van der Waals surface area contributed by atoms with E-state index in [1.807, 2.05) is 66.0 Å². The molecule has 1 heterocycles. The highest BCUT2D eigenvalue weighted by Crippen LogP contribution is 2.32. The van der Waals surface area contributed by atoms with Crippen molar-refractivity contribution < 1.29 is 14.6 Å². The van der Waals surface area contributed by atoms with Crippen LogP contribution in [0.15, 0.2) is 78.2 Å². The normalized spacial score (nSPS) is 10.6. The third-order valence-electron chi connectivity index (χ3n) is 4.45. The van der Waals surface area contributed by atoms with Crippen LogP contribution in [0.2, 0.25) is 0 Å². The molecule has 0 aliphatic carbocycles. The Morgan fingerprint density at radius 3 is 2.36 bits per heavy atom. The molecule has 0 spiro atoms. The first-order valence-corrected chi connectivity index (χ1v) is 9.57. The molecule has 0 unspecified atom stereocenters. The average molecular weight is 387 g/mol. The summed E-state index contributed by atoms with van der Waals surface area (Å²) in [7, 11) is 1.47. The molecule has 0 saturated heterocycles. The standard InChI is InChI=1S/C23H17NO3S/c1-27-21-11-10-17(13-19(21)23(25)26)16-8-5-9-18(12-16)20-14-28-22(24-20)15-6-3-2-4-7-15/h2-14H,1H3,(H,25,26). The molecule has 0 amide bonds. The molecule has 1 aromatic heterocycles. The van der Waals surface area contributed by atoms with Gasteiger partial charge < -0.3 is 9.84 Å². The summed E-state index contributed by atoms with van der Waals surface area (Å²) in [4.78, 5) is 16.3. The maximum Gasteiger partial charge on any atom is 0.339 e. The molecule has 0 aliphatic heterocycles. The largest absolute Gasteiger partial charge is 0.496 e. The highest BCUT2D eigenvalue weighted by Gasteiger charge is 2.13. The number of ether oxygens (including phenoxy) is 1. The summed E-state index contributed by atoms with van der Waals surface area (Å²) in [6.45, 7) is 0. The summed E-state index contributed by atoms with van der Waals surface area (Å²) in [5, 5.41) is 12.4. The van der Waals surface area contributed by atoms with Crippen molar-refractivity contribution in [2.75, 3.05) is 7.11 Å². The van der Waals surface area contributed by atoms with Gasteiger partial charge in [-0.25, -0.2) is 9.78 Å². The maximum absolute atomic E-state index is 11.5. The highest BCUT2D eigenvalue weighted by atomic mass is 32.1. The number of benzene rings is 3. The van der Waals surface area contributed by atoms with Crippen molar-refractivity contribution in [3.8, 4) is 38.7 Å². The van der Waals surface area contributed by atoms with E-state index in [9.17, 15) is 9.90 Å². The van der Waals surface area contributed by atoms with E-state index >= 15 is 0 Å². The number of hydrogen-bond acceptors (Lipinski definition) is 4. The van der Waals surface area contributed by atoms with Gasteiger partial charge in [0.2, 0.25) is 0 Å². The zero-order valence-electron chi connectivity index (χ0n) is 15.1. The number of carboxylic acids is 1. The number of methoxy groups -OCH3 is 1. The number of aromatic nitrogens is 1. The second kappa shape index (κ2) is 7.66. The Morgan fingerprint density at radius 1 is 0.893 bits per heavy atom. The maximum atomic E-state index is 11.5. The average Bonchev–Trinajstić information content (AvgIpc) is 3.24. The summed E-state index contributed by atoms with van der Waals surface area (Å²) >= 11 is 1.61. The molecule has 0 saturated carbocycles. The van der Waals surface area contributed by atoms with Crippen LogP contribution in [-0.4, -0.2) is 23.2 Å². The molecule has 4 rings (SSSR count). The molecule has 28 heavy (non-hydrogen) atoms. The molecule has 0 fully saturated rings. The minimum atomic E-state index is -1.01. The first kappa shape index (κ1) is 17.9. The topological polar surface area (TPSA) is 59.4 Å². The smallest absolute Gasteiger partial charge is 0.339 e. The minimum absolute atomic E-state index is 0.144. The molecular weight excluding hydrogens is 370 g/mol. The second-order valence-corrected chi connectivity index (χ2v) is 7.06. The Kier molecular flexibility index (Phi) is 4.91. The van der Waals surface area contributed by atoms with Crippen LogP contribution in [0.25, 0.3) is 33.0 Å². The lowest BCUT2D eigenvalue weighted by Gasteiger charge is -2.09. The van der Waals surface area contributed by atoms with Crippen molar-refractivity contribution >= 4 is 17.3 Å². The summed E-state index contributed by atoms with van der Waals surface area (Å²) < 4.78 is 5.15. The van der Waals surface area contributed by atoms with Crippen molar-refractivity contribution in [1.82, 2.24) is 4.98 Å². The fourth-order valence-electron chi connectivity index (χ4n) is 3.03. The van der Waals surface area contributed by atoms with Gasteiger partial charge in [-0.05, 0) is 29.3 Å². The van der Waals surface area contributed by atoms with Crippen molar-refractivity contribution in [3.05, 3.63) is 83.7 Å². The van der Waals surface area contributed by atoms with Crippen LogP contribution in [0.3, 0.4) is 0 Å². The Balaban J connectivity index is 1.70. The molecular formula is C23H17NO3S. The quantitative estimate of drug-likeness (QED) is 0.467. The summed E-state index contributed by atoms with van der Waals surface area (Å²) in [5.41, 5.74) is 4.87. The fourth-order valence-corrected chi connectivity index (χ4v) is 3.87. The van der Waals surface area contributed by atoms with Crippen LogP contribution in [0.1, 0.15) is 10.4 Å². The predicted octanol–water partition coefficient (Wildman–Crippen LogP) is 5.85. The molecule has 1 N–H and O–H groups in total. The van der Waals surface area contributed by atoms with Gasteiger partial charge in [0.05, 0.1) is 12.8 Å². The Labute approximate surface area is 166 Å². The van der Waals surface area contributed by atoms with E-state index < -0.39 is 5.97 Å². The monoisotopic (exact) mass is 387 g/mol. The number of thiazole rings is 1. The number of carbonyl (C=O) groups is 1. The first-order chi connectivity index (χ1) is 13.7. The Morgan fingerprint density at radius 2 is 1.61 bits per heavy atom. The van der Waals surface area contributed by atoms with E-state index in [2.05, 4.69) is 0 Å². The van der Waals surface area contributed by atoms with Crippen LogP contribution in [0.5, 0.6) is 5.75 Å². The van der Waals surface area contributed by atoms with Crippen LogP contribution < -0.4 is 4.74 Å². The Bertz CT molecular complexity index is 1140. The lowest BCUT2D eigenvalue weighted by molar-refractivity contribution is 0.0693. The third kappa shape index (κ3) is 3.52. The fraction of sp³-hybridized carbons (Fsp3) is 0.0435. The van der Waals surface area contributed by atoms with Gasteiger partial charge in [-0.1, -0.05) is 54.6 Å². The number of nitrogens with zero attached hydrogens (tertiary/aromatic N) is 1. The van der Waals surface area contributed by atoms with E-state index in [1.54, 1.807) is 23.5 Å². The van der Waals surface area contributed by atoms with Crippen molar-refractivity contribution in [2.24, 2.45) is 0 Å². The van der Waals surface area contributed by atoms with E-state index in [1.165, 1.54) is 7.11 Å². The summed E-state index contributed by atoms with van der Waals surface area (Å²) in [6.07, 6.45) is 0. The van der Waals surface area contributed by atoms with Gasteiger partial charge in [-0.2, -0.15) is 0 Å². The lowest BCUT2D eigenvalue weighted by atomic mass is 10.00. The molecule has 0 bridgehead atoms. The van der Waals surface area contributed by atoms with E-state index in [4.69, 9.17) is 9.72 Å². The molecule has 0 radical (unpaired) electrons. The van der Waals surface area contributed by atoms with Gasteiger partial charge in [-0.3, -0.25) is 0 Å². The van der Waals surface area contributed by atoms with E-state index in [0.29, 0.717) is 5.75 Å². The van der Waals surface area contributed by atoms with E-state index in [0.717, 1.165) is 33.0 Å². The van der Waals surface area contributed by atoms with Crippen LogP contribution in [0, 0.1) is 0 Å². The SMILES string of the molecule is COc1ccc(-c2cccc(-c3csc(-c4ccccc4)n3)c2)cc1C(=O)O. The van der Waals surface area contributed by atoms with Crippen molar-refractivity contribution in [2.45, 2.75) is 0 Å². The molecule has 3 aromatic carbocycles.